The SMILES string of the molecule is COc1cc2[nH]nc(-c3ccc(C4CCC(N(C)S(C)(=O)=O)C4)nc3)c2nc1-c1cccc2c1CCC2. The third-order valence-corrected chi connectivity index (χ3v) is 9.39. The van der Waals surface area contributed by atoms with Gasteiger partial charge in [-0.15, -0.1) is 0 Å². The molecule has 9 heteroatoms. The highest BCUT2D eigenvalue weighted by molar-refractivity contribution is 7.88. The summed E-state index contributed by atoms with van der Waals surface area (Å²) < 4.78 is 31.1. The molecule has 1 saturated carbocycles. The Hall–Kier alpha value is -3.30. The minimum Gasteiger partial charge on any atom is -0.494 e. The Bertz CT molecular complexity index is 1580. The number of H-pyrrole nitrogens is 1. The van der Waals surface area contributed by atoms with E-state index in [4.69, 9.17) is 14.7 Å². The number of aryl methyl sites for hydroxylation is 1. The number of rotatable bonds is 6. The number of pyridine rings is 2. The summed E-state index contributed by atoms with van der Waals surface area (Å²) in [5.41, 5.74) is 8.96. The number of nitrogens with one attached hydrogen (secondary N) is 1. The number of aromatic amines is 1. The van der Waals surface area contributed by atoms with E-state index in [0.717, 1.165) is 83.5 Å². The van der Waals surface area contributed by atoms with Gasteiger partial charge < -0.3 is 4.74 Å². The van der Waals surface area contributed by atoms with Crippen molar-refractivity contribution in [2.75, 3.05) is 20.4 Å². The molecule has 3 heterocycles. The van der Waals surface area contributed by atoms with E-state index in [1.807, 2.05) is 24.4 Å². The number of benzene rings is 1. The second-order valence-corrected chi connectivity index (χ2v) is 12.3. The van der Waals surface area contributed by atoms with Crippen molar-refractivity contribution >= 4 is 21.1 Å². The topological polar surface area (TPSA) is 101 Å². The summed E-state index contributed by atoms with van der Waals surface area (Å²) in [6.07, 6.45) is 9.00. The van der Waals surface area contributed by atoms with Gasteiger partial charge in [0, 0.05) is 48.1 Å². The van der Waals surface area contributed by atoms with E-state index in [1.54, 1.807) is 14.2 Å². The number of methoxy groups -OCH3 is 1. The number of sulfonamides is 1. The molecule has 0 radical (unpaired) electrons. The van der Waals surface area contributed by atoms with Crippen molar-refractivity contribution in [1.29, 1.82) is 0 Å². The molecule has 1 N–H and O–H groups in total. The van der Waals surface area contributed by atoms with Gasteiger partial charge in [0.05, 0.1) is 18.9 Å². The summed E-state index contributed by atoms with van der Waals surface area (Å²) in [4.78, 5) is 9.84. The van der Waals surface area contributed by atoms with Crippen LogP contribution in [0.4, 0.5) is 0 Å². The highest BCUT2D eigenvalue weighted by Crippen LogP contribution is 2.40. The Morgan fingerprint density at radius 3 is 2.73 bits per heavy atom. The van der Waals surface area contributed by atoms with Gasteiger partial charge in [-0.3, -0.25) is 10.1 Å². The molecule has 0 saturated heterocycles. The molecule has 0 bridgehead atoms. The van der Waals surface area contributed by atoms with E-state index in [2.05, 4.69) is 28.4 Å². The summed E-state index contributed by atoms with van der Waals surface area (Å²) in [6.45, 7) is 0. The van der Waals surface area contributed by atoms with Crippen LogP contribution >= 0.6 is 0 Å². The lowest BCUT2D eigenvalue weighted by molar-refractivity contribution is 0.372. The Labute approximate surface area is 217 Å². The summed E-state index contributed by atoms with van der Waals surface area (Å²) in [7, 11) is 0.149. The van der Waals surface area contributed by atoms with E-state index in [9.17, 15) is 8.42 Å². The fourth-order valence-electron chi connectivity index (χ4n) is 5.94. The molecule has 37 heavy (non-hydrogen) atoms. The number of ether oxygens (including phenoxy) is 1. The van der Waals surface area contributed by atoms with E-state index in [1.165, 1.54) is 21.7 Å². The van der Waals surface area contributed by atoms with Crippen LogP contribution in [0.15, 0.2) is 42.6 Å². The van der Waals surface area contributed by atoms with E-state index < -0.39 is 10.0 Å². The van der Waals surface area contributed by atoms with Crippen LogP contribution in [0.25, 0.3) is 33.5 Å². The smallest absolute Gasteiger partial charge is 0.211 e. The lowest BCUT2D eigenvalue weighted by Gasteiger charge is -2.21. The minimum atomic E-state index is -3.20. The molecule has 4 aromatic rings. The van der Waals surface area contributed by atoms with Gasteiger partial charge in [-0.05, 0) is 61.8 Å². The molecule has 0 amide bonds. The number of hydrogen-bond acceptors (Lipinski definition) is 6. The second-order valence-electron chi connectivity index (χ2n) is 10.2. The zero-order valence-corrected chi connectivity index (χ0v) is 22.2. The predicted octanol–water partition coefficient (Wildman–Crippen LogP) is 4.71. The van der Waals surface area contributed by atoms with E-state index in [-0.39, 0.29) is 12.0 Å². The molecule has 2 aliphatic rings. The molecule has 6 rings (SSSR count). The van der Waals surface area contributed by atoms with Crippen LogP contribution in [-0.4, -0.2) is 59.3 Å². The van der Waals surface area contributed by atoms with Crippen molar-refractivity contribution in [3.05, 3.63) is 59.4 Å². The molecule has 0 spiro atoms. The second kappa shape index (κ2) is 9.22. The van der Waals surface area contributed by atoms with Crippen LogP contribution < -0.4 is 4.74 Å². The molecular formula is C28H31N5O3S. The van der Waals surface area contributed by atoms with Crippen LogP contribution in [0, 0.1) is 0 Å². The zero-order valence-electron chi connectivity index (χ0n) is 21.4. The van der Waals surface area contributed by atoms with E-state index in [0.29, 0.717) is 0 Å². The summed E-state index contributed by atoms with van der Waals surface area (Å²) in [5.74, 6) is 0.972. The molecule has 2 aliphatic carbocycles. The van der Waals surface area contributed by atoms with Crippen molar-refractivity contribution in [2.45, 2.75) is 50.5 Å². The molecule has 2 unspecified atom stereocenters. The molecule has 8 nitrogen and oxygen atoms in total. The first-order valence-electron chi connectivity index (χ1n) is 12.8. The maximum Gasteiger partial charge on any atom is 0.211 e. The quantitative estimate of drug-likeness (QED) is 0.397. The number of nitrogens with zero attached hydrogens (tertiary/aromatic N) is 4. The predicted molar refractivity (Wildman–Crippen MR) is 144 cm³/mol. The van der Waals surface area contributed by atoms with Gasteiger partial charge in [0.25, 0.3) is 0 Å². The first-order valence-corrected chi connectivity index (χ1v) is 14.6. The first kappa shape index (κ1) is 24.1. The molecule has 1 fully saturated rings. The number of fused-ring (bicyclic) bond motifs is 2. The van der Waals surface area contributed by atoms with E-state index >= 15 is 0 Å². The standard InChI is InChI=1S/C28H31N5O3S/c1-33(37(3,34)35)20-12-10-18(14-20)23-13-11-19(16-29-23)26-28-24(31-32-26)15-25(36-2)27(30-28)22-9-5-7-17-6-4-8-21(17)22/h5,7,9,11,13,15-16,18,20H,4,6,8,10,12,14H2,1-3H3,(H,31,32). The van der Waals surface area contributed by atoms with Crippen LogP contribution in [0.5, 0.6) is 5.75 Å². The first-order chi connectivity index (χ1) is 17.8. The normalized spacial score (nSPS) is 19.6. The van der Waals surface area contributed by atoms with Crippen molar-refractivity contribution in [3.8, 4) is 28.3 Å². The van der Waals surface area contributed by atoms with Gasteiger partial charge in [-0.2, -0.15) is 5.10 Å². The fraction of sp³-hybridized carbons (Fsp3) is 0.393. The molecular weight excluding hydrogens is 486 g/mol. The molecule has 0 aliphatic heterocycles. The highest BCUT2D eigenvalue weighted by Gasteiger charge is 2.33. The summed E-state index contributed by atoms with van der Waals surface area (Å²) in [6, 6.07) is 12.5. The molecule has 3 aromatic heterocycles. The maximum atomic E-state index is 11.9. The zero-order chi connectivity index (χ0) is 25.7. The van der Waals surface area contributed by atoms with Gasteiger partial charge >= 0.3 is 0 Å². The Balaban J connectivity index is 1.32. The third-order valence-electron chi connectivity index (χ3n) is 8.04. The van der Waals surface area contributed by atoms with Gasteiger partial charge in [0.1, 0.15) is 22.7 Å². The Kier molecular flexibility index (Phi) is 6.00. The average Bonchev–Trinajstić information content (AvgIpc) is 3.66. The fourth-order valence-corrected chi connectivity index (χ4v) is 6.67. The van der Waals surface area contributed by atoms with Crippen LogP contribution in [0.2, 0.25) is 0 Å². The minimum absolute atomic E-state index is 0.0220. The van der Waals surface area contributed by atoms with Crippen LogP contribution in [-0.2, 0) is 22.9 Å². The van der Waals surface area contributed by atoms with Gasteiger partial charge in [0.2, 0.25) is 10.0 Å². The highest BCUT2D eigenvalue weighted by atomic mass is 32.2. The largest absolute Gasteiger partial charge is 0.494 e. The van der Waals surface area contributed by atoms with Gasteiger partial charge in [-0.25, -0.2) is 17.7 Å². The summed E-state index contributed by atoms with van der Waals surface area (Å²) in [5, 5.41) is 7.69. The number of aromatic nitrogens is 4. The van der Waals surface area contributed by atoms with Crippen molar-refractivity contribution < 1.29 is 13.2 Å². The van der Waals surface area contributed by atoms with Crippen molar-refractivity contribution in [1.82, 2.24) is 24.5 Å². The van der Waals surface area contributed by atoms with Gasteiger partial charge in [-0.1, -0.05) is 18.2 Å². The summed E-state index contributed by atoms with van der Waals surface area (Å²) >= 11 is 0. The van der Waals surface area contributed by atoms with Crippen LogP contribution in [0.3, 0.4) is 0 Å². The van der Waals surface area contributed by atoms with Crippen LogP contribution in [0.1, 0.15) is 48.4 Å². The Morgan fingerprint density at radius 1 is 1.11 bits per heavy atom. The average molecular weight is 518 g/mol. The number of hydrogen-bond donors (Lipinski definition) is 1. The van der Waals surface area contributed by atoms with Crippen molar-refractivity contribution in [2.24, 2.45) is 0 Å². The molecule has 192 valence electrons. The van der Waals surface area contributed by atoms with Crippen molar-refractivity contribution in [3.63, 3.8) is 0 Å². The lowest BCUT2D eigenvalue weighted by atomic mass is 9.99. The molecule has 2 atom stereocenters. The maximum absolute atomic E-state index is 11.9. The monoisotopic (exact) mass is 517 g/mol. The lowest BCUT2D eigenvalue weighted by Crippen LogP contribution is -2.34. The molecule has 1 aromatic carbocycles. The third kappa shape index (κ3) is 4.30. The van der Waals surface area contributed by atoms with Gasteiger partial charge in [0.15, 0.2) is 0 Å². The Morgan fingerprint density at radius 2 is 1.97 bits per heavy atom.